The van der Waals surface area contributed by atoms with Crippen LogP contribution in [0, 0.1) is 5.82 Å². The summed E-state index contributed by atoms with van der Waals surface area (Å²) in [6.07, 6.45) is 0. The molecule has 0 radical (unpaired) electrons. The van der Waals surface area contributed by atoms with Gasteiger partial charge < -0.3 is 10.1 Å². The maximum atomic E-state index is 13.2. The lowest BCUT2D eigenvalue weighted by Gasteiger charge is -2.12. The number of nitrogens with one attached hydrogen (secondary N) is 1. The van der Waals surface area contributed by atoms with E-state index in [1.165, 1.54) is 12.1 Å². The molecule has 94 valence electrons. The third-order valence-corrected chi connectivity index (χ3v) is 2.96. The average Bonchev–Trinajstić information content (AvgIpc) is 2.38. The summed E-state index contributed by atoms with van der Waals surface area (Å²) in [4.78, 5) is 0. The fourth-order valence-electron chi connectivity index (χ4n) is 1.65. The molecule has 1 N–H and O–H groups in total. The molecule has 0 aliphatic carbocycles. The van der Waals surface area contributed by atoms with Crippen LogP contribution < -0.4 is 10.1 Å². The van der Waals surface area contributed by atoms with E-state index in [4.69, 9.17) is 16.3 Å². The molecule has 2 rings (SSSR count). The molecule has 0 fully saturated rings. The molecular weight excluding hydrogens is 253 g/mol. The van der Waals surface area contributed by atoms with Gasteiger partial charge in [-0.2, -0.15) is 0 Å². The maximum absolute atomic E-state index is 13.2. The SMILES string of the molecule is COc1ccc(F)cc1NCc1ccccc1Cl. The zero-order valence-electron chi connectivity index (χ0n) is 9.91. The number of hydrogen-bond acceptors (Lipinski definition) is 2. The maximum Gasteiger partial charge on any atom is 0.142 e. The summed E-state index contributed by atoms with van der Waals surface area (Å²) in [7, 11) is 1.55. The molecule has 0 unspecified atom stereocenters. The van der Waals surface area contributed by atoms with E-state index in [9.17, 15) is 4.39 Å². The zero-order chi connectivity index (χ0) is 13.0. The van der Waals surface area contributed by atoms with Crippen LogP contribution in [0.2, 0.25) is 5.02 Å². The van der Waals surface area contributed by atoms with Gasteiger partial charge in [-0.05, 0) is 23.8 Å². The number of benzene rings is 2. The first-order valence-electron chi connectivity index (χ1n) is 5.51. The van der Waals surface area contributed by atoms with Crippen molar-refractivity contribution in [2.75, 3.05) is 12.4 Å². The summed E-state index contributed by atoms with van der Waals surface area (Å²) in [5, 5.41) is 3.79. The summed E-state index contributed by atoms with van der Waals surface area (Å²) >= 11 is 6.05. The van der Waals surface area contributed by atoms with E-state index in [1.54, 1.807) is 13.2 Å². The molecule has 0 bridgehead atoms. The van der Waals surface area contributed by atoms with E-state index in [0.717, 1.165) is 5.56 Å². The Hall–Kier alpha value is -1.74. The summed E-state index contributed by atoms with van der Waals surface area (Å²) in [6, 6.07) is 11.9. The van der Waals surface area contributed by atoms with Crippen molar-refractivity contribution in [3.63, 3.8) is 0 Å². The Bertz CT molecular complexity index is 545. The molecule has 18 heavy (non-hydrogen) atoms. The topological polar surface area (TPSA) is 21.3 Å². The number of rotatable bonds is 4. The Balaban J connectivity index is 2.15. The minimum absolute atomic E-state index is 0.308. The van der Waals surface area contributed by atoms with Crippen molar-refractivity contribution < 1.29 is 9.13 Å². The quantitative estimate of drug-likeness (QED) is 0.899. The largest absolute Gasteiger partial charge is 0.495 e. The minimum atomic E-state index is -0.308. The second-order valence-corrected chi connectivity index (χ2v) is 4.20. The van der Waals surface area contributed by atoms with Gasteiger partial charge in [0, 0.05) is 17.6 Å². The Morgan fingerprint density at radius 3 is 2.72 bits per heavy atom. The van der Waals surface area contributed by atoms with Crippen LogP contribution in [-0.2, 0) is 6.54 Å². The predicted molar refractivity (Wildman–Crippen MR) is 71.7 cm³/mol. The van der Waals surface area contributed by atoms with Crippen LogP contribution in [0.3, 0.4) is 0 Å². The first-order valence-corrected chi connectivity index (χ1v) is 5.89. The second kappa shape index (κ2) is 5.74. The van der Waals surface area contributed by atoms with Gasteiger partial charge >= 0.3 is 0 Å². The van der Waals surface area contributed by atoms with Crippen molar-refractivity contribution >= 4 is 17.3 Å². The molecule has 0 saturated carbocycles. The molecule has 0 atom stereocenters. The van der Waals surface area contributed by atoms with Crippen LogP contribution in [0.4, 0.5) is 10.1 Å². The number of hydrogen-bond donors (Lipinski definition) is 1. The number of ether oxygens (including phenoxy) is 1. The van der Waals surface area contributed by atoms with Gasteiger partial charge in [0.2, 0.25) is 0 Å². The van der Waals surface area contributed by atoms with Gasteiger partial charge in [0.15, 0.2) is 0 Å². The fraction of sp³-hybridized carbons (Fsp3) is 0.143. The molecule has 0 spiro atoms. The van der Waals surface area contributed by atoms with E-state index in [2.05, 4.69) is 5.32 Å². The van der Waals surface area contributed by atoms with Gasteiger partial charge in [0.05, 0.1) is 12.8 Å². The first kappa shape index (κ1) is 12.7. The van der Waals surface area contributed by atoms with Crippen LogP contribution in [-0.4, -0.2) is 7.11 Å². The van der Waals surface area contributed by atoms with Gasteiger partial charge in [-0.3, -0.25) is 0 Å². The monoisotopic (exact) mass is 265 g/mol. The molecule has 0 aliphatic heterocycles. The predicted octanol–water partition coefficient (Wildman–Crippen LogP) is 4.10. The Morgan fingerprint density at radius 1 is 1.22 bits per heavy atom. The molecule has 2 nitrogen and oxygen atoms in total. The molecule has 2 aromatic carbocycles. The highest BCUT2D eigenvalue weighted by atomic mass is 35.5. The molecule has 0 heterocycles. The smallest absolute Gasteiger partial charge is 0.142 e. The Morgan fingerprint density at radius 2 is 2.00 bits per heavy atom. The summed E-state index contributed by atoms with van der Waals surface area (Å²) in [5.74, 6) is 0.293. The molecule has 0 amide bonds. The molecule has 2 aromatic rings. The van der Waals surface area contributed by atoms with Crippen molar-refractivity contribution in [1.29, 1.82) is 0 Å². The highest BCUT2D eigenvalue weighted by Gasteiger charge is 2.05. The molecule has 4 heteroatoms. The summed E-state index contributed by atoms with van der Waals surface area (Å²) in [5.41, 5.74) is 1.56. The van der Waals surface area contributed by atoms with Crippen molar-refractivity contribution in [1.82, 2.24) is 0 Å². The lowest BCUT2D eigenvalue weighted by atomic mass is 10.2. The van der Waals surface area contributed by atoms with Gasteiger partial charge in [-0.1, -0.05) is 29.8 Å². The van der Waals surface area contributed by atoms with Crippen LogP contribution in [0.15, 0.2) is 42.5 Å². The van der Waals surface area contributed by atoms with E-state index in [1.807, 2.05) is 24.3 Å². The van der Waals surface area contributed by atoms with Crippen molar-refractivity contribution in [3.05, 3.63) is 58.9 Å². The minimum Gasteiger partial charge on any atom is -0.495 e. The normalized spacial score (nSPS) is 10.2. The Labute approximate surface area is 110 Å². The van der Waals surface area contributed by atoms with Crippen LogP contribution >= 0.6 is 11.6 Å². The summed E-state index contributed by atoms with van der Waals surface area (Å²) < 4.78 is 18.3. The number of halogens is 2. The number of methoxy groups -OCH3 is 1. The molecule has 0 aliphatic rings. The summed E-state index contributed by atoms with van der Waals surface area (Å²) in [6.45, 7) is 0.513. The highest BCUT2D eigenvalue weighted by molar-refractivity contribution is 6.31. The number of anilines is 1. The highest BCUT2D eigenvalue weighted by Crippen LogP contribution is 2.26. The van der Waals surface area contributed by atoms with Crippen LogP contribution in [0.1, 0.15) is 5.56 Å². The van der Waals surface area contributed by atoms with Crippen molar-refractivity contribution in [2.24, 2.45) is 0 Å². The standard InChI is InChI=1S/C14H13ClFNO/c1-18-14-7-6-11(16)8-13(14)17-9-10-4-2-3-5-12(10)15/h2-8,17H,9H2,1H3. The van der Waals surface area contributed by atoms with E-state index < -0.39 is 0 Å². The van der Waals surface area contributed by atoms with Gasteiger partial charge in [0.1, 0.15) is 11.6 Å². The third kappa shape index (κ3) is 2.93. The van der Waals surface area contributed by atoms with E-state index >= 15 is 0 Å². The average molecular weight is 266 g/mol. The lowest BCUT2D eigenvalue weighted by molar-refractivity contribution is 0.415. The van der Waals surface area contributed by atoms with E-state index in [0.29, 0.717) is 23.0 Å². The van der Waals surface area contributed by atoms with Crippen LogP contribution in [0.25, 0.3) is 0 Å². The van der Waals surface area contributed by atoms with Crippen molar-refractivity contribution in [2.45, 2.75) is 6.54 Å². The first-order chi connectivity index (χ1) is 8.70. The molecule has 0 aromatic heterocycles. The van der Waals surface area contributed by atoms with Crippen molar-refractivity contribution in [3.8, 4) is 5.75 Å². The lowest BCUT2D eigenvalue weighted by Crippen LogP contribution is -2.02. The van der Waals surface area contributed by atoms with Crippen LogP contribution in [0.5, 0.6) is 5.75 Å². The molecular formula is C14H13ClFNO. The van der Waals surface area contributed by atoms with Gasteiger partial charge in [-0.25, -0.2) is 4.39 Å². The van der Waals surface area contributed by atoms with Gasteiger partial charge in [-0.15, -0.1) is 0 Å². The Kier molecular flexibility index (Phi) is 4.05. The third-order valence-electron chi connectivity index (χ3n) is 2.59. The van der Waals surface area contributed by atoms with Gasteiger partial charge in [0.25, 0.3) is 0 Å². The zero-order valence-corrected chi connectivity index (χ0v) is 10.7. The fourth-order valence-corrected chi connectivity index (χ4v) is 1.85. The van der Waals surface area contributed by atoms with E-state index in [-0.39, 0.29) is 5.82 Å². The second-order valence-electron chi connectivity index (χ2n) is 3.79. The molecule has 0 saturated heterocycles.